The Morgan fingerprint density at radius 1 is 1.22 bits per heavy atom. The maximum atomic E-state index is 12.5. The van der Waals surface area contributed by atoms with Crippen LogP contribution in [0.1, 0.15) is 35.0 Å². The van der Waals surface area contributed by atoms with Crippen LogP contribution in [0.25, 0.3) is 0 Å². The van der Waals surface area contributed by atoms with Gasteiger partial charge in [0.15, 0.2) is 0 Å². The van der Waals surface area contributed by atoms with Crippen LogP contribution < -0.4 is 10.0 Å². The highest BCUT2D eigenvalue weighted by atomic mass is 32.2. The number of aryl methyl sites for hydroxylation is 1. The first-order valence-corrected chi connectivity index (χ1v) is 9.77. The Kier molecular flexibility index (Phi) is 6.07. The fourth-order valence-corrected chi connectivity index (χ4v) is 3.49. The molecule has 146 valence electrons. The maximum absolute atomic E-state index is 12.5. The number of sulfonamides is 1. The van der Waals surface area contributed by atoms with Crippen LogP contribution in [0.2, 0.25) is 0 Å². The molecule has 27 heavy (non-hydrogen) atoms. The van der Waals surface area contributed by atoms with E-state index in [1.54, 1.807) is 37.3 Å². The first-order chi connectivity index (χ1) is 12.7. The molecule has 0 aliphatic carbocycles. The molecule has 2 rings (SSSR count). The van der Waals surface area contributed by atoms with Gasteiger partial charge in [-0.3, -0.25) is 9.59 Å². The Morgan fingerprint density at radius 2 is 1.85 bits per heavy atom. The van der Waals surface area contributed by atoms with E-state index in [9.17, 15) is 23.1 Å². The summed E-state index contributed by atoms with van der Waals surface area (Å²) >= 11 is 0. The second-order valence-corrected chi connectivity index (χ2v) is 7.85. The van der Waals surface area contributed by atoms with Crippen molar-refractivity contribution >= 4 is 21.9 Å². The van der Waals surface area contributed by atoms with Gasteiger partial charge in [-0.15, -0.1) is 0 Å². The van der Waals surface area contributed by atoms with Gasteiger partial charge in [-0.25, -0.2) is 13.1 Å². The molecule has 0 fully saturated rings. The van der Waals surface area contributed by atoms with E-state index in [2.05, 4.69) is 10.0 Å². The molecular formula is C18H22N2O6S. The third kappa shape index (κ3) is 4.04. The molecule has 1 aromatic carbocycles. The van der Waals surface area contributed by atoms with Crippen molar-refractivity contribution in [3.05, 3.63) is 53.3 Å². The molecule has 1 heterocycles. The van der Waals surface area contributed by atoms with E-state index in [0.29, 0.717) is 5.56 Å². The van der Waals surface area contributed by atoms with E-state index in [1.807, 2.05) is 0 Å². The quantitative estimate of drug-likeness (QED) is 0.625. The predicted molar refractivity (Wildman–Crippen MR) is 98.1 cm³/mol. The Labute approximate surface area is 157 Å². The largest absolute Gasteiger partial charge is 0.481 e. The average Bonchev–Trinajstić information content (AvgIpc) is 3.05. The summed E-state index contributed by atoms with van der Waals surface area (Å²) in [4.78, 5) is 24.5. The van der Waals surface area contributed by atoms with Crippen molar-refractivity contribution in [1.82, 2.24) is 10.0 Å². The molecule has 1 aromatic heterocycles. The van der Waals surface area contributed by atoms with Crippen LogP contribution in [0.4, 0.5) is 0 Å². The SMILES string of the molecule is CCC(CNC(=O)c1cc(S(=O)(=O)NC)oc1C)(C(=O)O)c1ccccc1. The van der Waals surface area contributed by atoms with E-state index in [0.717, 1.165) is 6.07 Å². The predicted octanol–water partition coefficient (Wildman–Crippen LogP) is 1.66. The van der Waals surface area contributed by atoms with Crippen LogP contribution >= 0.6 is 0 Å². The zero-order valence-corrected chi connectivity index (χ0v) is 16.1. The molecule has 8 nitrogen and oxygen atoms in total. The van der Waals surface area contributed by atoms with E-state index in [4.69, 9.17) is 4.42 Å². The number of carbonyl (C=O) groups excluding carboxylic acids is 1. The van der Waals surface area contributed by atoms with Crippen LogP contribution in [0.5, 0.6) is 0 Å². The molecule has 0 aliphatic heterocycles. The van der Waals surface area contributed by atoms with Gasteiger partial charge in [0, 0.05) is 12.6 Å². The lowest BCUT2D eigenvalue weighted by molar-refractivity contribution is -0.143. The number of rotatable bonds is 8. The molecule has 1 amide bonds. The number of aliphatic carboxylic acids is 1. The van der Waals surface area contributed by atoms with Gasteiger partial charge in [0.2, 0.25) is 5.09 Å². The Morgan fingerprint density at radius 3 is 2.37 bits per heavy atom. The highest BCUT2D eigenvalue weighted by Gasteiger charge is 2.39. The smallest absolute Gasteiger partial charge is 0.315 e. The molecule has 0 radical (unpaired) electrons. The number of carbonyl (C=O) groups is 2. The van der Waals surface area contributed by atoms with E-state index >= 15 is 0 Å². The normalized spacial score (nSPS) is 13.7. The number of furan rings is 1. The lowest BCUT2D eigenvalue weighted by Gasteiger charge is -2.29. The van der Waals surface area contributed by atoms with Crippen LogP contribution in [-0.2, 0) is 20.2 Å². The second kappa shape index (κ2) is 7.93. The summed E-state index contributed by atoms with van der Waals surface area (Å²) < 4.78 is 30.9. The number of nitrogens with one attached hydrogen (secondary N) is 2. The van der Waals surface area contributed by atoms with Crippen molar-refractivity contribution in [2.45, 2.75) is 30.8 Å². The summed E-state index contributed by atoms with van der Waals surface area (Å²) in [5.74, 6) is -1.54. The second-order valence-electron chi connectivity index (χ2n) is 6.03. The van der Waals surface area contributed by atoms with Crippen LogP contribution in [0, 0.1) is 6.92 Å². The fraction of sp³-hybridized carbons (Fsp3) is 0.333. The van der Waals surface area contributed by atoms with Gasteiger partial charge >= 0.3 is 5.97 Å². The van der Waals surface area contributed by atoms with Gasteiger partial charge in [-0.2, -0.15) is 0 Å². The van der Waals surface area contributed by atoms with E-state index in [1.165, 1.54) is 14.0 Å². The molecule has 0 saturated carbocycles. The Balaban J connectivity index is 2.29. The molecule has 0 aliphatic rings. The molecule has 0 saturated heterocycles. The lowest BCUT2D eigenvalue weighted by atomic mass is 9.78. The lowest BCUT2D eigenvalue weighted by Crippen LogP contribution is -2.46. The zero-order chi connectivity index (χ0) is 20.2. The third-order valence-corrected chi connectivity index (χ3v) is 5.83. The van der Waals surface area contributed by atoms with Gasteiger partial charge in [0.05, 0.1) is 5.56 Å². The minimum atomic E-state index is -3.83. The molecular weight excluding hydrogens is 372 g/mol. The number of hydrogen-bond acceptors (Lipinski definition) is 5. The van der Waals surface area contributed by atoms with Gasteiger partial charge in [0.1, 0.15) is 11.2 Å². The highest BCUT2D eigenvalue weighted by molar-refractivity contribution is 7.89. The third-order valence-electron chi connectivity index (χ3n) is 4.56. The van der Waals surface area contributed by atoms with Crippen LogP contribution in [0.3, 0.4) is 0 Å². The molecule has 9 heteroatoms. The van der Waals surface area contributed by atoms with Crippen molar-refractivity contribution in [1.29, 1.82) is 0 Å². The van der Waals surface area contributed by atoms with E-state index in [-0.39, 0.29) is 29.4 Å². The fourth-order valence-electron chi connectivity index (χ4n) is 2.78. The van der Waals surface area contributed by atoms with Crippen LogP contribution in [-0.4, -0.2) is 39.0 Å². The van der Waals surface area contributed by atoms with Gasteiger partial charge in [-0.1, -0.05) is 37.3 Å². The monoisotopic (exact) mass is 394 g/mol. The molecule has 3 N–H and O–H groups in total. The summed E-state index contributed by atoms with van der Waals surface area (Å²) in [7, 11) is -2.60. The summed E-state index contributed by atoms with van der Waals surface area (Å²) in [5.41, 5.74) is -0.691. The zero-order valence-electron chi connectivity index (χ0n) is 15.3. The average molecular weight is 394 g/mol. The Hall–Kier alpha value is -2.65. The summed E-state index contributed by atoms with van der Waals surface area (Å²) in [6.07, 6.45) is 0.260. The molecule has 0 bridgehead atoms. The topological polar surface area (TPSA) is 126 Å². The van der Waals surface area contributed by atoms with Crippen LogP contribution in [0.15, 0.2) is 45.9 Å². The first-order valence-electron chi connectivity index (χ1n) is 8.29. The van der Waals surface area contributed by atoms with Gasteiger partial charge in [-0.05, 0) is 26.0 Å². The summed E-state index contributed by atoms with van der Waals surface area (Å²) in [5, 5.41) is 12.0. The molecule has 2 aromatic rings. The number of carboxylic acid groups (broad SMARTS) is 1. The Bertz CT molecular complexity index is 936. The summed E-state index contributed by atoms with van der Waals surface area (Å²) in [6.45, 7) is 3.04. The van der Waals surface area contributed by atoms with Crippen molar-refractivity contribution < 1.29 is 27.5 Å². The molecule has 0 spiro atoms. The van der Waals surface area contributed by atoms with Crippen molar-refractivity contribution in [2.75, 3.05) is 13.6 Å². The highest BCUT2D eigenvalue weighted by Crippen LogP contribution is 2.28. The van der Waals surface area contributed by atoms with Gasteiger partial charge in [0.25, 0.3) is 15.9 Å². The first kappa shape index (κ1) is 20.7. The van der Waals surface area contributed by atoms with Crippen molar-refractivity contribution in [3.8, 4) is 0 Å². The molecule has 1 unspecified atom stereocenters. The number of amides is 1. The minimum absolute atomic E-state index is 0.0345. The number of hydrogen-bond donors (Lipinski definition) is 3. The van der Waals surface area contributed by atoms with Crippen molar-refractivity contribution in [3.63, 3.8) is 0 Å². The summed E-state index contributed by atoms with van der Waals surface area (Å²) in [6, 6.07) is 9.77. The van der Waals surface area contributed by atoms with Crippen molar-refractivity contribution in [2.24, 2.45) is 0 Å². The molecule has 1 atom stereocenters. The number of benzene rings is 1. The van der Waals surface area contributed by atoms with Gasteiger partial charge < -0.3 is 14.8 Å². The minimum Gasteiger partial charge on any atom is -0.481 e. The number of carboxylic acids is 1. The van der Waals surface area contributed by atoms with E-state index < -0.39 is 27.3 Å². The maximum Gasteiger partial charge on any atom is 0.315 e. The standard InChI is InChI=1S/C18H22N2O6S/c1-4-18(17(22)23,13-8-6-5-7-9-13)11-20-16(21)14-10-15(26-12(14)2)27(24,25)19-3/h5-10,19H,4,11H2,1-3H3,(H,20,21)(H,22,23).